The van der Waals surface area contributed by atoms with Crippen molar-refractivity contribution in [1.82, 2.24) is 0 Å². The van der Waals surface area contributed by atoms with E-state index in [-0.39, 0.29) is 5.04 Å². The molecule has 0 unspecified atom stereocenters. The van der Waals surface area contributed by atoms with E-state index in [1.165, 1.54) is 16.8 Å². The third-order valence-corrected chi connectivity index (χ3v) is 9.95. The van der Waals surface area contributed by atoms with Gasteiger partial charge in [0, 0.05) is 6.61 Å². The Morgan fingerprint density at radius 3 is 1.81 bits per heavy atom. The standard InChI is InChI=1S/C24H34OSi/c1-5-6-7-8-9-16-21-25-26(24(2,3)4,22-17-12-10-13-18-22)23-19-14-11-15-20-23/h6-7,10-15,17-20H,5,8-9,16,21H2,1-4H3/b7-6-. The second-order valence-electron chi connectivity index (χ2n) is 7.89. The first kappa shape index (κ1) is 20.7. The molecule has 0 aliphatic carbocycles. The van der Waals surface area contributed by atoms with Crippen LogP contribution in [0.5, 0.6) is 0 Å². The number of rotatable bonds is 9. The average molecular weight is 367 g/mol. The van der Waals surface area contributed by atoms with E-state index < -0.39 is 8.32 Å². The lowest BCUT2D eigenvalue weighted by atomic mass is 10.2. The Kier molecular flexibility index (Phi) is 7.86. The van der Waals surface area contributed by atoms with E-state index in [1.54, 1.807) is 0 Å². The van der Waals surface area contributed by atoms with Gasteiger partial charge in [-0.15, -0.1) is 0 Å². The van der Waals surface area contributed by atoms with Crippen LogP contribution in [0.25, 0.3) is 0 Å². The lowest BCUT2D eigenvalue weighted by Crippen LogP contribution is -2.66. The van der Waals surface area contributed by atoms with Gasteiger partial charge in [-0.05, 0) is 41.1 Å². The highest BCUT2D eigenvalue weighted by molar-refractivity contribution is 6.99. The molecule has 26 heavy (non-hydrogen) atoms. The van der Waals surface area contributed by atoms with Crippen molar-refractivity contribution in [1.29, 1.82) is 0 Å². The van der Waals surface area contributed by atoms with E-state index in [4.69, 9.17) is 4.43 Å². The van der Waals surface area contributed by atoms with Crippen LogP contribution >= 0.6 is 0 Å². The molecule has 2 heteroatoms. The van der Waals surface area contributed by atoms with Gasteiger partial charge in [0.15, 0.2) is 0 Å². The molecule has 0 amide bonds. The maximum atomic E-state index is 6.89. The number of hydrogen-bond donors (Lipinski definition) is 0. The predicted octanol–water partition coefficient (Wildman–Crippen LogP) is 5.70. The summed E-state index contributed by atoms with van der Waals surface area (Å²) in [5, 5.41) is 2.80. The first-order valence-corrected chi connectivity index (χ1v) is 11.8. The van der Waals surface area contributed by atoms with Crippen LogP contribution in [0.4, 0.5) is 0 Å². The van der Waals surface area contributed by atoms with Crippen molar-refractivity contribution in [3.8, 4) is 0 Å². The highest BCUT2D eigenvalue weighted by atomic mass is 28.4. The summed E-state index contributed by atoms with van der Waals surface area (Å²) in [6.07, 6.45) is 9.12. The molecule has 1 nitrogen and oxygen atoms in total. The molecule has 0 fully saturated rings. The Morgan fingerprint density at radius 1 is 0.808 bits per heavy atom. The van der Waals surface area contributed by atoms with Gasteiger partial charge >= 0.3 is 0 Å². The van der Waals surface area contributed by atoms with Crippen LogP contribution in [0.3, 0.4) is 0 Å². The van der Waals surface area contributed by atoms with Crippen molar-refractivity contribution in [2.45, 2.75) is 58.4 Å². The SMILES string of the molecule is CC/C=C\CCCCO[Si](c1ccccc1)(c1ccccc1)C(C)(C)C. The number of benzene rings is 2. The van der Waals surface area contributed by atoms with Gasteiger partial charge in [0.05, 0.1) is 0 Å². The molecule has 2 aromatic carbocycles. The van der Waals surface area contributed by atoms with Crippen molar-refractivity contribution in [2.24, 2.45) is 0 Å². The lowest BCUT2D eigenvalue weighted by molar-refractivity contribution is 0.289. The molecule has 0 aliphatic rings. The monoisotopic (exact) mass is 366 g/mol. The highest BCUT2D eigenvalue weighted by Gasteiger charge is 2.49. The zero-order valence-corrected chi connectivity index (χ0v) is 17.9. The summed E-state index contributed by atoms with van der Waals surface area (Å²) in [5.74, 6) is 0. The Bertz CT molecular complexity index is 616. The van der Waals surface area contributed by atoms with Crippen LogP contribution < -0.4 is 10.4 Å². The second-order valence-corrected chi connectivity index (χ2v) is 12.2. The zero-order valence-electron chi connectivity index (χ0n) is 16.9. The summed E-state index contributed by atoms with van der Waals surface area (Å²) in [6.45, 7) is 10.0. The molecule has 0 heterocycles. The molecule has 2 rings (SSSR count). The molecule has 0 bridgehead atoms. The Balaban J connectivity index is 2.28. The summed E-state index contributed by atoms with van der Waals surface area (Å²) in [7, 11) is -2.34. The van der Waals surface area contributed by atoms with E-state index in [1.807, 2.05) is 0 Å². The number of unbranched alkanes of at least 4 members (excludes halogenated alkanes) is 2. The first-order valence-electron chi connectivity index (χ1n) is 9.92. The van der Waals surface area contributed by atoms with Crippen molar-refractivity contribution in [2.75, 3.05) is 6.61 Å². The Labute approximate surface area is 161 Å². The lowest BCUT2D eigenvalue weighted by Gasteiger charge is -2.43. The molecule has 0 aliphatic heterocycles. The van der Waals surface area contributed by atoms with Gasteiger partial charge in [-0.2, -0.15) is 0 Å². The predicted molar refractivity (Wildman–Crippen MR) is 117 cm³/mol. The van der Waals surface area contributed by atoms with E-state index in [0.29, 0.717) is 0 Å². The quantitative estimate of drug-likeness (QED) is 0.314. The van der Waals surface area contributed by atoms with Crippen molar-refractivity contribution >= 4 is 18.7 Å². The zero-order chi connectivity index (χ0) is 18.9. The van der Waals surface area contributed by atoms with Crippen molar-refractivity contribution in [3.63, 3.8) is 0 Å². The maximum Gasteiger partial charge on any atom is 0.261 e. The molecule has 0 saturated carbocycles. The highest BCUT2D eigenvalue weighted by Crippen LogP contribution is 2.36. The third kappa shape index (κ3) is 4.96. The van der Waals surface area contributed by atoms with Gasteiger partial charge in [0.25, 0.3) is 8.32 Å². The van der Waals surface area contributed by atoms with E-state index in [9.17, 15) is 0 Å². The smallest absolute Gasteiger partial charge is 0.261 e. The van der Waals surface area contributed by atoms with E-state index in [0.717, 1.165) is 25.9 Å². The van der Waals surface area contributed by atoms with Gasteiger partial charge < -0.3 is 4.43 Å². The van der Waals surface area contributed by atoms with E-state index >= 15 is 0 Å². The third-order valence-electron chi connectivity index (χ3n) is 4.90. The fraction of sp³-hybridized carbons (Fsp3) is 0.417. The average Bonchev–Trinajstić information content (AvgIpc) is 2.64. The van der Waals surface area contributed by atoms with Gasteiger partial charge in [-0.1, -0.05) is 101 Å². The van der Waals surface area contributed by atoms with Gasteiger partial charge in [-0.25, -0.2) is 0 Å². The molecular formula is C24H34OSi. The molecule has 0 saturated heterocycles. The second kappa shape index (κ2) is 9.89. The molecule has 0 atom stereocenters. The molecule has 0 spiro atoms. The summed E-state index contributed by atoms with van der Waals surface area (Å²) in [5.41, 5.74) is 0. The fourth-order valence-corrected chi connectivity index (χ4v) is 8.24. The Morgan fingerprint density at radius 2 is 1.35 bits per heavy atom. The van der Waals surface area contributed by atoms with Crippen molar-refractivity contribution in [3.05, 3.63) is 72.8 Å². The van der Waals surface area contributed by atoms with Crippen LogP contribution in [0.15, 0.2) is 72.8 Å². The molecular weight excluding hydrogens is 332 g/mol. The summed E-state index contributed by atoms with van der Waals surface area (Å²) in [4.78, 5) is 0. The van der Waals surface area contributed by atoms with Gasteiger partial charge in [0.1, 0.15) is 0 Å². The van der Waals surface area contributed by atoms with Gasteiger partial charge in [-0.3, -0.25) is 0 Å². The van der Waals surface area contributed by atoms with Crippen LogP contribution in [0, 0.1) is 0 Å². The Hall–Kier alpha value is -1.64. The normalized spacial score (nSPS) is 12.6. The van der Waals surface area contributed by atoms with Crippen molar-refractivity contribution < 1.29 is 4.43 Å². The van der Waals surface area contributed by atoms with Gasteiger partial charge in [0.2, 0.25) is 0 Å². The molecule has 2 aromatic rings. The first-order chi connectivity index (χ1) is 12.5. The fourth-order valence-electron chi connectivity index (χ4n) is 3.64. The molecule has 0 radical (unpaired) electrons. The number of hydrogen-bond acceptors (Lipinski definition) is 1. The summed E-state index contributed by atoms with van der Waals surface area (Å²) in [6, 6.07) is 21.8. The minimum absolute atomic E-state index is 0.0673. The molecule has 0 N–H and O–H groups in total. The maximum absolute atomic E-state index is 6.89. The molecule has 140 valence electrons. The van der Waals surface area contributed by atoms with E-state index in [2.05, 4.69) is 101 Å². The minimum Gasteiger partial charge on any atom is -0.407 e. The summed E-state index contributed by atoms with van der Waals surface area (Å²) < 4.78 is 6.89. The van der Waals surface area contributed by atoms with Crippen LogP contribution in [0.1, 0.15) is 53.4 Å². The van der Waals surface area contributed by atoms with Crippen LogP contribution in [-0.2, 0) is 4.43 Å². The minimum atomic E-state index is -2.34. The van der Waals surface area contributed by atoms with Crippen LogP contribution in [-0.4, -0.2) is 14.9 Å². The number of allylic oxidation sites excluding steroid dienone is 2. The topological polar surface area (TPSA) is 9.23 Å². The van der Waals surface area contributed by atoms with Crippen LogP contribution in [0.2, 0.25) is 5.04 Å². The largest absolute Gasteiger partial charge is 0.407 e. The molecule has 0 aromatic heterocycles. The summed E-state index contributed by atoms with van der Waals surface area (Å²) >= 11 is 0.